The van der Waals surface area contributed by atoms with Crippen LogP contribution >= 0.6 is 0 Å². The van der Waals surface area contributed by atoms with Crippen molar-refractivity contribution >= 4 is 16.8 Å². The molecule has 2 N–H and O–H groups in total. The fourth-order valence-corrected chi connectivity index (χ4v) is 3.25. The lowest BCUT2D eigenvalue weighted by molar-refractivity contribution is -0.123. The summed E-state index contributed by atoms with van der Waals surface area (Å²) in [5, 5.41) is 3.68. The Bertz CT molecular complexity index is 765. The molecule has 1 amide bonds. The number of aromatic nitrogens is 2. The minimum absolute atomic E-state index is 0.0480. The fraction of sp³-hybridized carbons (Fsp3) is 0.500. The Morgan fingerprint density at radius 1 is 1.33 bits per heavy atom. The number of likely N-dealkylation sites (N-methyl/N-ethyl adjacent to an activating group) is 1. The van der Waals surface area contributed by atoms with Crippen molar-refractivity contribution < 1.29 is 4.79 Å². The molecular weight excluding hydrogens is 304 g/mol. The summed E-state index contributed by atoms with van der Waals surface area (Å²) in [5.41, 5.74) is 0.546. The quantitative estimate of drug-likeness (QED) is 0.848. The van der Waals surface area contributed by atoms with Gasteiger partial charge in [-0.1, -0.05) is 31.9 Å². The van der Waals surface area contributed by atoms with E-state index in [1.807, 2.05) is 30.0 Å². The molecule has 0 bridgehead atoms. The number of benzene rings is 1. The molecule has 0 spiro atoms. The minimum atomic E-state index is -0.137. The lowest BCUT2D eigenvalue weighted by Crippen LogP contribution is -2.41. The maximum atomic E-state index is 12.2. The van der Waals surface area contributed by atoms with E-state index in [0.717, 1.165) is 12.8 Å². The van der Waals surface area contributed by atoms with Gasteiger partial charge in [0.25, 0.3) is 5.56 Å². The fourth-order valence-electron chi connectivity index (χ4n) is 3.25. The number of H-pyrrole nitrogens is 1. The van der Waals surface area contributed by atoms with Crippen molar-refractivity contribution in [2.45, 2.75) is 45.2 Å². The second-order valence-corrected chi connectivity index (χ2v) is 6.38. The number of hydrogen-bond acceptors (Lipinski definition) is 4. The van der Waals surface area contributed by atoms with Crippen molar-refractivity contribution in [2.75, 3.05) is 13.1 Å². The predicted octanol–water partition coefficient (Wildman–Crippen LogP) is 1.80. The van der Waals surface area contributed by atoms with Crippen LogP contribution < -0.4 is 10.9 Å². The molecule has 1 aliphatic rings. The molecule has 128 valence electrons. The van der Waals surface area contributed by atoms with Gasteiger partial charge in [0.15, 0.2) is 0 Å². The van der Waals surface area contributed by atoms with Gasteiger partial charge in [0.1, 0.15) is 5.82 Å². The Morgan fingerprint density at radius 2 is 2.08 bits per heavy atom. The van der Waals surface area contributed by atoms with E-state index < -0.39 is 0 Å². The third-order valence-corrected chi connectivity index (χ3v) is 4.57. The maximum absolute atomic E-state index is 12.2. The Morgan fingerprint density at radius 3 is 2.83 bits per heavy atom. The van der Waals surface area contributed by atoms with Gasteiger partial charge in [0.2, 0.25) is 5.91 Å². The SMILES string of the molecule is CCN(CC(=O)NC1CCCC1)Cc1nc2ccccc2c(=O)[nH]1. The van der Waals surface area contributed by atoms with Gasteiger partial charge in [-0.25, -0.2) is 4.98 Å². The number of carbonyl (C=O) groups excluding carboxylic acids is 1. The van der Waals surface area contributed by atoms with Crippen LogP contribution in [-0.2, 0) is 11.3 Å². The van der Waals surface area contributed by atoms with Crippen molar-refractivity contribution in [2.24, 2.45) is 0 Å². The highest BCUT2D eigenvalue weighted by molar-refractivity contribution is 5.78. The first-order valence-electron chi connectivity index (χ1n) is 8.65. The number of hydrogen-bond donors (Lipinski definition) is 2. The lowest BCUT2D eigenvalue weighted by Gasteiger charge is -2.21. The summed E-state index contributed by atoms with van der Waals surface area (Å²) < 4.78 is 0. The van der Waals surface area contributed by atoms with Crippen LogP contribution in [0.4, 0.5) is 0 Å². The van der Waals surface area contributed by atoms with Crippen LogP contribution in [0.3, 0.4) is 0 Å². The Labute approximate surface area is 141 Å². The van der Waals surface area contributed by atoms with Crippen LogP contribution in [0.1, 0.15) is 38.4 Å². The molecule has 6 nitrogen and oxygen atoms in total. The van der Waals surface area contributed by atoms with E-state index in [4.69, 9.17) is 0 Å². The van der Waals surface area contributed by atoms with Crippen LogP contribution in [0.2, 0.25) is 0 Å². The maximum Gasteiger partial charge on any atom is 0.258 e. The Kier molecular flexibility index (Phi) is 5.25. The van der Waals surface area contributed by atoms with Crippen molar-refractivity contribution in [3.63, 3.8) is 0 Å². The minimum Gasteiger partial charge on any atom is -0.352 e. The summed E-state index contributed by atoms with van der Waals surface area (Å²) in [5.74, 6) is 0.640. The monoisotopic (exact) mass is 328 g/mol. The molecule has 1 saturated carbocycles. The van der Waals surface area contributed by atoms with E-state index >= 15 is 0 Å². The summed E-state index contributed by atoms with van der Waals surface area (Å²) >= 11 is 0. The molecule has 1 aliphatic carbocycles. The molecule has 0 unspecified atom stereocenters. The van der Waals surface area contributed by atoms with Gasteiger partial charge in [0, 0.05) is 6.04 Å². The number of amides is 1. The summed E-state index contributed by atoms with van der Waals surface area (Å²) in [7, 11) is 0. The zero-order valence-corrected chi connectivity index (χ0v) is 14.0. The van der Waals surface area contributed by atoms with Crippen LogP contribution in [0.15, 0.2) is 29.1 Å². The molecule has 1 fully saturated rings. The summed E-state index contributed by atoms with van der Waals surface area (Å²) in [4.78, 5) is 33.6. The normalized spacial score (nSPS) is 15.2. The van der Waals surface area contributed by atoms with Crippen molar-refractivity contribution in [3.05, 3.63) is 40.4 Å². The standard InChI is InChI=1S/C18H24N4O2/c1-2-22(12-17(23)19-13-7-3-4-8-13)11-16-20-15-10-6-5-9-14(15)18(24)21-16/h5-6,9-10,13H,2-4,7-8,11-12H2,1H3,(H,19,23)(H,20,21,24). The highest BCUT2D eigenvalue weighted by Crippen LogP contribution is 2.17. The topological polar surface area (TPSA) is 78.1 Å². The van der Waals surface area contributed by atoms with Crippen LogP contribution in [0.5, 0.6) is 0 Å². The van der Waals surface area contributed by atoms with Crippen LogP contribution in [-0.4, -0.2) is 39.9 Å². The van der Waals surface area contributed by atoms with Crippen molar-refractivity contribution in [1.29, 1.82) is 0 Å². The molecule has 1 heterocycles. The van der Waals surface area contributed by atoms with Gasteiger partial charge in [-0.3, -0.25) is 14.5 Å². The molecule has 0 atom stereocenters. The van der Waals surface area contributed by atoms with E-state index in [2.05, 4.69) is 15.3 Å². The number of rotatable bonds is 6. The third-order valence-electron chi connectivity index (χ3n) is 4.57. The van der Waals surface area contributed by atoms with E-state index in [-0.39, 0.29) is 11.5 Å². The predicted molar refractivity (Wildman–Crippen MR) is 93.7 cm³/mol. The first-order valence-corrected chi connectivity index (χ1v) is 8.65. The largest absolute Gasteiger partial charge is 0.352 e. The first-order chi connectivity index (χ1) is 11.7. The number of aromatic amines is 1. The Hall–Kier alpha value is -2.21. The van der Waals surface area contributed by atoms with Gasteiger partial charge in [-0.05, 0) is 31.5 Å². The summed E-state index contributed by atoms with van der Waals surface area (Å²) in [6.45, 7) is 3.49. The zero-order valence-electron chi connectivity index (χ0n) is 14.0. The van der Waals surface area contributed by atoms with Crippen molar-refractivity contribution in [3.8, 4) is 0 Å². The molecule has 0 radical (unpaired) electrons. The number of nitrogens with one attached hydrogen (secondary N) is 2. The van der Waals surface area contributed by atoms with Gasteiger partial charge in [-0.15, -0.1) is 0 Å². The number of fused-ring (bicyclic) bond motifs is 1. The third kappa shape index (κ3) is 4.00. The van der Waals surface area contributed by atoms with E-state index in [9.17, 15) is 9.59 Å². The molecule has 24 heavy (non-hydrogen) atoms. The smallest absolute Gasteiger partial charge is 0.258 e. The average Bonchev–Trinajstić information content (AvgIpc) is 3.07. The first kappa shape index (κ1) is 16.6. The molecular formula is C18H24N4O2. The molecule has 1 aromatic carbocycles. The second kappa shape index (κ2) is 7.57. The molecule has 0 aliphatic heterocycles. The van der Waals surface area contributed by atoms with Crippen molar-refractivity contribution in [1.82, 2.24) is 20.2 Å². The Balaban J connectivity index is 1.66. The zero-order chi connectivity index (χ0) is 16.9. The second-order valence-electron chi connectivity index (χ2n) is 6.38. The van der Waals surface area contributed by atoms with E-state index in [1.54, 1.807) is 6.07 Å². The van der Waals surface area contributed by atoms with Gasteiger partial charge >= 0.3 is 0 Å². The molecule has 0 saturated heterocycles. The number of carbonyl (C=O) groups is 1. The highest BCUT2D eigenvalue weighted by atomic mass is 16.2. The van der Waals surface area contributed by atoms with E-state index in [1.165, 1.54) is 12.8 Å². The number of para-hydroxylation sites is 1. The van der Waals surface area contributed by atoms with Gasteiger partial charge in [0.05, 0.1) is 24.0 Å². The van der Waals surface area contributed by atoms with Crippen LogP contribution in [0.25, 0.3) is 10.9 Å². The molecule has 3 rings (SSSR count). The average molecular weight is 328 g/mol. The lowest BCUT2D eigenvalue weighted by atomic mass is 10.2. The summed E-state index contributed by atoms with van der Waals surface area (Å²) in [6, 6.07) is 7.61. The molecule has 1 aromatic heterocycles. The molecule has 6 heteroatoms. The number of nitrogens with zero attached hydrogens (tertiary/aromatic N) is 2. The van der Waals surface area contributed by atoms with E-state index in [0.29, 0.717) is 42.4 Å². The summed E-state index contributed by atoms with van der Waals surface area (Å²) in [6.07, 6.45) is 4.56. The molecule has 2 aromatic rings. The van der Waals surface area contributed by atoms with Crippen LogP contribution in [0, 0.1) is 0 Å². The van der Waals surface area contributed by atoms with Gasteiger partial charge in [-0.2, -0.15) is 0 Å². The highest BCUT2D eigenvalue weighted by Gasteiger charge is 2.18. The van der Waals surface area contributed by atoms with Gasteiger partial charge < -0.3 is 10.3 Å².